The number of nitrogens with zero attached hydrogens (tertiary/aromatic N) is 1. The summed E-state index contributed by atoms with van der Waals surface area (Å²) < 4.78 is 11.5. The Morgan fingerprint density at radius 3 is 2.55 bits per heavy atom. The largest absolute Gasteiger partial charge is 0.497 e. The van der Waals surface area contributed by atoms with Crippen molar-refractivity contribution in [2.24, 2.45) is 0 Å². The average molecular weight is 422 g/mol. The summed E-state index contributed by atoms with van der Waals surface area (Å²) in [6.45, 7) is 2.49. The monoisotopic (exact) mass is 421 g/mol. The molecule has 4 rings (SSSR count). The quantitative estimate of drug-likeness (QED) is 0.393. The third-order valence-electron chi connectivity index (χ3n) is 4.63. The van der Waals surface area contributed by atoms with Crippen molar-refractivity contribution in [1.29, 1.82) is 0 Å². The molecule has 0 N–H and O–H groups in total. The summed E-state index contributed by atoms with van der Waals surface area (Å²) in [7, 11) is 1.61. The topological polar surface area (TPSA) is 38.8 Å². The molecule has 4 nitrogen and oxygen atoms in total. The van der Waals surface area contributed by atoms with Crippen LogP contribution in [0.15, 0.2) is 65.6 Å². The molecule has 6 heteroatoms. The molecule has 29 heavy (non-hydrogen) atoms. The number of rotatable bonds is 5. The maximum atomic E-state index is 13.2. The Balaban J connectivity index is 1.76. The van der Waals surface area contributed by atoms with E-state index in [1.165, 1.54) is 11.8 Å². The van der Waals surface area contributed by atoms with E-state index < -0.39 is 0 Å². The van der Waals surface area contributed by atoms with Crippen molar-refractivity contribution in [3.8, 4) is 11.5 Å². The van der Waals surface area contributed by atoms with Gasteiger partial charge < -0.3 is 9.47 Å². The van der Waals surface area contributed by atoms with E-state index in [1.807, 2.05) is 73.7 Å². The molecule has 0 aliphatic carbocycles. The van der Waals surface area contributed by atoms with E-state index in [-0.39, 0.29) is 5.91 Å². The molecular formula is C23H19NO3S2. The van der Waals surface area contributed by atoms with Crippen LogP contribution in [0.4, 0.5) is 5.69 Å². The maximum Gasteiger partial charge on any atom is 0.270 e. The van der Waals surface area contributed by atoms with Crippen molar-refractivity contribution in [3.63, 3.8) is 0 Å². The Bertz CT molecular complexity index is 1120. The second kappa shape index (κ2) is 8.27. The van der Waals surface area contributed by atoms with Crippen molar-refractivity contribution >= 4 is 56.7 Å². The van der Waals surface area contributed by atoms with Gasteiger partial charge in [0.25, 0.3) is 5.91 Å². The van der Waals surface area contributed by atoms with E-state index >= 15 is 0 Å². The molecule has 1 aliphatic rings. The lowest BCUT2D eigenvalue weighted by Gasteiger charge is -2.15. The number of carbonyl (C=O) groups is 1. The Morgan fingerprint density at radius 2 is 1.83 bits per heavy atom. The highest BCUT2D eigenvalue weighted by Crippen LogP contribution is 2.39. The van der Waals surface area contributed by atoms with Gasteiger partial charge in [0.2, 0.25) is 0 Å². The van der Waals surface area contributed by atoms with Crippen LogP contribution >= 0.6 is 24.0 Å². The van der Waals surface area contributed by atoms with E-state index in [0.29, 0.717) is 15.8 Å². The smallest absolute Gasteiger partial charge is 0.270 e. The highest BCUT2D eigenvalue weighted by Gasteiger charge is 2.33. The summed E-state index contributed by atoms with van der Waals surface area (Å²) in [6, 6.07) is 19.3. The summed E-state index contributed by atoms with van der Waals surface area (Å²) in [5.41, 5.74) is 1.61. The maximum absolute atomic E-state index is 13.2. The van der Waals surface area contributed by atoms with E-state index in [4.69, 9.17) is 21.7 Å². The molecule has 1 aliphatic heterocycles. The first-order valence-corrected chi connectivity index (χ1v) is 10.4. The second-order valence-electron chi connectivity index (χ2n) is 6.35. The lowest BCUT2D eigenvalue weighted by Crippen LogP contribution is -2.27. The van der Waals surface area contributed by atoms with Gasteiger partial charge in [0.15, 0.2) is 4.32 Å². The number of thioether (sulfide) groups is 1. The van der Waals surface area contributed by atoms with Gasteiger partial charge in [-0.05, 0) is 54.1 Å². The number of fused-ring (bicyclic) bond motifs is 1. The number of thiocarbonyl (C=S) groups is 1. The van der Waals surface area contributed by atoms with Crippen LogP contribution in [0, 0.1) is 0 Å². The highest BCUT2D eigenvalue weighted by molar-refractivity contribution is 8.27. The van der Waals surface area contributed by atoms with Gasteiger partial charge in [-0.15, -0.1) is 0 Å². The first kappa shape index (κ1) is 19.5. The zero-order chi connectivity index (χ0) is 20.4. The van der Waals surface area contributed by atoms with Crippen LogP contribution in [0.25, 0.3) is 16.8 Å². The predicted molar refractivity (Wildman–Crippen MR) is 124 cm³/mol. The van der Waals surface area contributed by atoms with Crippen molar-refractivity contribution in [1.82, 2.24) is 0 Å². The number of benzene rings is 3. The summed E-state index contributed by atoms with van der Waals surface area (Å²) in [6.07, 6.45) is 1.89. The number of hydrogen-bond donors (Lipinski definition) is 0. The number of hydrogen-bond acceptors (Lipinski definition) is 5. The molecule has 0 radical (unpaired) electrons. The fourth-order valence-electron chi connectivity index (χ4n) is 3.26. The van der Waals surface area contributed by atoms with Gasteiger partial charge in [0, 0.05) is 5.56 Å². The minimum absolute atomic E-state index is 0.138. The molecule has 1 saturated heterocycles. The van der Waals surface area contributed by atoms with E-state index in [2.05, 4.69) is 0 Å². The van der Waals surface area contributed by atoms with Gasteiger partial charge in [0.1, 0.15) is 11.5 Å². The molecule has 146 valence electrons. The molecule has 1 fully saturated rings. The molecule has 0 spiro atoms. The molecule has 0 aromatic heterocycles. The van der Waals surface area contributed by atoms with Crippen LogP contribution in [0.1, 0.15) is 12.5 Å². The van der Waals surface area contributed by atoms with Gasteiger partial charge in [-0.25, -0.2) is 0 Å². The molecule has 0 saturated carbocycles. The van der Waals surface area contributed by atoms with Gasteiger partial charge in [0.05, 0.1) is 24.3 Å². The average Bonchev–Trinajstić information content (AvgIpc) is 3.03. The van der Waals surface area contributed by atoms with Gasteiger partial charge in [-0.1, -0.05) is 54.3 Å². The van der Waals surface area contributed by atoms with Crippen LogP contribution in [-0.2, 0) is 4.79 Å². The van der Waals surface area contributed by atoms with Crippen LogP contribution in [0.2, 0.25) is 0 Å². The molecular weight excluding hydrogens is 402 g/mol. The van der Waals surface area contributed by atoms with Crippen LogP contribution in [-0.4, -0.2) is 23.9 Å². The molecule has 1 heterocycles. The van der Waals surface area contributed by atoms with Crippen LogP contribution in [0.3, 0.4) is 0 Å². The third kappa shape index (κ3) is 3.73. The predicted octanol–water partition coefficient (Wildman–Crippen LogP) is 5.65. The third-order valence-corrected chi connectivity index (χ3v) is 5.93. The number of amides is 1. The first-order chi connectivity index (χ1) is 14.1. The number of carbonyl (C=O) groups excluding carboxylic acids is 1. The Kier molecular flexibility index (Phi) is 5.56. The fraction of sp³-hybridized carbons (Fsp3) is 0.130. The number of methoxy groups -OCH3 is 1. The molecule has 3 aromatic rings. The minimum atomic E-state index is -0.138. The summed E-state index contributed by atoms with van der Waals surface area (Å²) in [5.74, 6) is 1.34. The van der Waals surface area contributed by atoms with Crippen molar-refractivity contribution in [2.75, 3.05) is 18.6 Å². The van der Waals surface area contributed by atoms with Crippen molar-refractivity contribution in [3.05, 3.63) is 71.1 Å². The SMILES string of the molecule is CCOc1ccc2ccccc2c1/C=C1\SC(=S)N(c2ccc(OC)cc2)C1=O. The van der Waals surface area contributed by atoms with Gasteiger partial charge >= 0.3 is 0 Å². The highest BCUT2D eigenvalue weighted by atomic mass is 32.2. The number of ether oxygens (including phenoxy) is 2. The zero-order valence-electron chi connectivity index (χ0n) is 16.0. The Labute approximate surface area is 179 Å². The molecule has 0 unspecified atom stereocenters. The second-order valence-corrected chi connectivity index (χ2v) is 8.02. The van der Waals surface area contributed by atoms with Gasteiger partial charge in [-0.2, -0.15) is 0 Å². The zero-order valence-corrected chi connectivity index (χ0v) is 17.7. The van der Waals surface area contributed by atoms with E-state index in [1.54, 1.807) is 12.0 Å². The normalized spacial score (nSPS) is 15.4. The van der Waals surface area contributed by atoms with Crippen LogP contribution < -0.4 is 14.4 Å². The van der Waals surface area contributed by atoms with Crippen molar-refractivity contribution < 1.29 is 14.3 Å². The van der Waals surface area contributed by atoms with Gasteiger partial charge in [-0.3, -0.25) is 9.69 Å². The minimum Gasteiger partial charge on any atom is -0.497 e. The molecule has 0 atom stereocenters. The summed E-state index contributed by atoms with van der Waals surface area (Å²) in [5, 5.41) is 2.13. The summed E-state index contributed by atoms with van der Waals surface area (Å²) >= 11 is 6.80. The standard InChI is InChI=1S/C23H19NO3S2/c1-3-27-20-13-8-15-6-4-5-7-18(15)19(20)14-21-22(25)24(23(28)29-21)16-9-11-17(26-2)12-10-16/h4-14H,3H2,1-2H3/b21-14-. The van der Waals surface area contributed by atoms with Crippen molar-refractivity contribution in [2.45, 2.75) is 6.92 Å². The number of anilines is 1. The lowest BCUT2D eigenvalue weighted by atomic mass is 10.0. The lowest BCUT2D eigenvalue weighted by molar-refractivity contribution is -0.113. The molecule has 3 aromatic carbocycles. The van der Waals surface area contributed by atoms with E-state index in [0.717, 1.165) is 33.5 Å². The Hall–Kier alpha value is -2.83. The van der Waals surface area contributed by atoms with Crippen LogP contribution in [0.5, 0.6) is 11.5 Å². The molecule has 1 amide bonds. The first-order valence-electron chi connectivity index (χ1n) is 9.19. The Morgan fingerprint density at radius 1 is 1.07 bits per heavy atom. The molecule has 0 bridgehead atoms. The fourth-order valence-corrected chi connectivity index (χ4v) is 4.54. The summed E-state index contributed by atoms with van der Waals surface area (Å²) in [4.78, 5) is 15.3. The van der Waals surface area contributed by atoms with E-state index in [9.17, 15) is 4.79 Å².